The molecule has 1 N–H and O–H groups in total. The van der Waals surface area contributed by atoms with Gasteiger partial charge in [-0.1, -0.05) is 24.3 Å². The summed E-state index contributed by atoms with van der Waals surface area (Å²) in [4.78, 5) is 43.6. The van der Waals surface area contributed by atoms with Crippen molar-refractivity contribution in [1.29, 1.82) is 0 Å². The Labute approximate surface area is 144 Å². The molecule has 1 aliphatic heterocycles. The van der Waals surface area contributed by atoms with E-state index in [1.54, 1.807) is 48.5 Å². The fourth-order valence-electron chi connectivity index (χ4n) is 2.80. The molecule has 128 valence electrons. The van der Waals surface area contributed by atoms with Crippen LogP contribution in [0.4, 0.5) is 0 Å². The van der Waals surface area contributed by atoms with Gasteiger partial charge in [-0.3, -0.25) is 24.1 Å². The van der Waals surface area contributed by atoms with Crippen LogP contribution < -0.4 is 10.2 Å². The fourth-order valence-corrected chi connectivity index (χ4v) is 2.80. The van der Waals surface area contributed by atoms with Crippen molar-refractivity contribution in [2.45, 2.75) is 6.04 Å². The highest BCUT2D eigenvalue weighted by Crippen LogP contribution is 2.32. The van der Waals surface area contributed by atoms with Gasteiger partial charge in [0.1, 0.15) is 11.8 Å². The van der Waals surface area contributed by atoms with E-state index in [2.05, 4.69) is 10.3 Å². The van der Waals surface area contributed by atoms with Crippen LogP contribution in [0.25, 0.3) is 0 Å². The Bertz CT molecular complexity index is 797. The lowest BCUT2D eigenvalue weighted by molar-refractivity contribution is -0.135. The standard InChI is InChI=1S/C18H16N2O5/c1-24-12-9-7-11(8-10-12)15(16(21)19-25-2)20-17(22)13-5-3-4-6-14(13)18(20)23/h3-10,15H,1-2H3,(H,19,21). The van der Waals surface area contributed by atoms with Crippen LogP contribution in [0.15, 0.2) is 48.5 Å². The monoisotopic (exact) mass is 340 g/mol. The molecule has 1 atom stereocenters. The van der Waals surface area contributed by atoms with Crippen molar-refractivity contribution in [3.63, 3.8) is 0 Å². The number of hydrogen-bond donors (Lipinski definition) is 1. The number of carbonyl (C=O) groups excluding carboxylic acids is 3. The topological polar surface area (TPSA) is 84.9 Å². The van der Waals surface area contributed by atoms with Crippen LogP contribution in [-0.4, -0.2) is 36.8 Å². The molecule has 0 bridgehead atoms. The Morgan fingerprint density at radius 2 is 1.52 bits per heavy atom. The Morgan fingerprint density at radius 1 is 0.960 bits per heavy atom. The summed E-state index contributed by atoms with van der Waals surface area (Å²) in [5.41, 5.74) is 3.21. The zero-order chi connectivity index (χ0) is 18.0. The molecule has 1 unspecified atom stereocenters. The molecule has 1 aliphatic rings. The number of fused-ring (bicyclic) bond motifs is 1. The predicted molar refractivity (Wildman–Crippen MR) is 87.8 cm³/mol. The molecular formula is C18H16N2O5. The number of ether oxygens (including phenoxy) is 1. The van der Waals surface area contributed by atoms with Gasteiger partial charge in [-0.25, -0.2) is 5.48 Å². The molecule has 7 heteroatoms. The Hall–Kier alpha value is -3.19. The van der Waals surface area contributed by atoms with Crippen molar-refractivity contribution in [1.82, 2.24) is 10.4 Å². The number of benzene rings is 2. The van der Waals surface area contributed by atoms with Crippen LogP contribution in [0.2, 0.25) is 0 Å². The second-order valence-electron chi connectivity index (χ2n) is 5.37. The van der Waals surface area contributed by atoms with E-state index in [1.807, 2.05) is 0 Å². The molecule has 0 saturated heterocycles. The largest absolute Gasteiger partial charge is 0.497 e. The van der Waals surface area contributed by atoms with Crippen molar-refractivity contribution in [3.8, 4) is 5.75 Å². The van der Waals surface area contributed by atoms with Crippen molar-refractivity contribution in [2.24, 2.45) is 0 Å². The quantitative estimate of drug-likeness (QED) is 0.662. The van der Waals surface area contributed by atoms with Gasteiger partial charge in [-0.15, -0.1) is 0 Å². The Kier molecular flexibility index (Phi) is 4.49. The smallest absolute Gasteiger partial charge is 0.271 e. The highest BCUT2D eigenvalue weighted by atomic mass is 16.6. The van der Waals surface area contributed by atoms with Gasteiger partial charge in [-0.05, 0) is 29.8 Å². The zero-order valence-corrected chi connectivity index (χ0v) is 13.7. The van der Waals surface area contributed by atoms with Crippen molar-refractivity contribution in [3.05, 3.63) is 65.2 Å². The highest BCUT2D eigenvalue weighted by Gasteiger charge is 2.43. The number of hydrogen-bond acceptors (Lipinski definition) is 5. The van der Waals surface area contributed by atoms with E-state index in [9.17, 15) is 14.4 Å². The maximum absolute atomic E-state index is 12.7. The third-order valence-corrected chi connectivity index (χ3v) is 3.97. The van der Waals surface area contributed by atoms with Crippen LogP contribution >= 0.6 is 0 Å². The molecule has 0 radical (unpaired) electrons. The molecule has 25 heavy (non-hydrogen) atoms. The second-order valence-corrected chi connectivity index (χ2v) is 5.37. The van der Waals surface area contributed by atoms with Gasteiger partial charge in [0.2, 0.25) is 0 Å². The van der Waals surface area contributed by atoms with Crippen LogP contribution in [0.5, 0.6) is 5.75 Å². The van der Waals surface area contributed by atoms with Gasteiger partial charge < -0.3 is 4.74 Å². The van der Waals surface area contributed by atoms with E-state index in [1.165, 1.54) is 14.2 Å². The van der Waals surface area contributed by atoms with Gasteiger partial charge >= 0.3 is 0 Å². The van der Waals surface area contributed by atoms with Crippen LogP contribution in [0.1, 0.15) is 32.3 Å². The predicted octanol–water partition coefficient (Wildman–Crippen LogP) is 1.71. The van der Waals surface area contributed by atoms with E-state index >= 15 is 0 Å². The minimum absolute atomic E-state index is 0.274. The first kappa shape index (κ1) is 16.7. The number of amides is 3. The lowest BCUT2D eigenvalue weighted by Crippen LogP contribution is -2.43. The van der Waals surface area contributed by atoms with E-state index in [4.69, 9.17) is 4.74 Å². The Balaban J connectivity index is 2.05. The molecule has 0 fully saturated rings. The molecule has 0 spiro atoms. The number of methoxy groups -OCH3 is 1. The molecular weight excluding hydrogens is 324 g/mol. The van der Waals surface area contributed by atoms with Crippen LogP contribution in [0.3, 0.4) is 0 Å². The number of nitrogens with one attached hydrogen (secondary N) is 1. The van der Waals surface area contributed by atoms with Crippen molar-refractivity contribution >= 4 is 17.7 Å². The third-order valence-electron chi connectivity index (χ3n) is 3.97. The Morgan fingerprint density at radius 3 is 2.00 bits per heavy atom. The molecule has 3 amide bonds. The molecule has 0 saturated carbocycles. The highest BCUT2D eigenvalue weighted by molar-refractivity contribution is 6.22. The van der Waals surface area contributed by atoms with E-state index in [-0.39, 0.29) is 11.1 Å². The molecule has 7 nitrogen and oxygen atoms in total. The first-order chi connectivity index (χ1) is 12.1. The summed E-state index contributed by atoms with van der Waals surface area (Å²) in [5, 5.41) is 0. The minimum atomic E-state index is -1.15. The normalized spacial score (nSPS) is 14.2. The first-order valence-corrected chi connectivity index (χ1v) is 7.52. The molecule has 3 rings (SSSR count). The summed E-state index contributed by atoms with van der Waals surface area (Å²) in [6.07, 6.45) is 0. The van der Waals surface area contributed by atoms with Gasteiger partial charge in [0.25, 0.3) is 17.7 Å². The number of hydroxylamine groups is 1. The van der Waals surface area contributed by atoms with Crippen LogP contribution in [0, 0.1) is 0 Å². The average Bonchev–Trinajstić information content (AvgIpc) is 2.88. The number of imide groups is 1. The second kappa shape index (κ2) is 6.74. The van der Waals surface area contributed by atoms with Gasteiger partial charge in [0, 0.05) is 0 Å². The molecule has 0 aromatic heterocycles. The summed E-state index contributed by atoms with van der Waals surface area (Å²) < 4.78 is 5.10. The number of rotatable bonds is 5. The lowest BCUT2D eigenvalue weighted by atomic mass is 10.0. The maximum Gasteiger partial charge on any atom is 0.271 e. The van der Waals surface area contributed by atoms with Crippen molar-refractivity contribution < 1.29 is 24.0 Å². The molecule has 1 heterocycles. The van der Waals surface area contributed by atoms with Gasteiger partial charge in [0.15, 0.2) is 0 Å². The summed E-state index contributed by atoms with van der Waals surface area (Å²) in [6.45, 7) is 0. The zero-order valence-electron chi connectivity index (χ0n) is 13.7. The molecule has 0 aliphatic carbocycles. The van der Waals surface area contributed by atoms with E-state index < -0.39 is 23.8 Å². The van der Waals surface area contributed by atoms with E-state index in [0.29, 0.717) is 11.3 Å². The fraction of sp³-hybridized carbons (Fsp3) is 0.167. The lowest BCUT2D eigenvalue weighted by Gasteiger charge is -2.25. The SMILES string of the molecule is CONC(=O)C(c1ccc(OC)cc1)N1C(=O)c2ccccc2C1=O. The van der Waals surface area contributed by atoms with Crippen LogP contribution in [-0.2, 0) is 9.63 Å². The summed E-state index contributed by atoms with van der Waals surface area (Å²) in [7, 11) is 2.81. The molecule has 2 aromatic rings. The number of carbonyl (C=O) groups is 3. The molecule has 2 aromatic carbocycles. The average molecular weight is 340 g/mol. The number of nitrogens with zero attached hydrogens (tertiary/aromatic N) is 1. The first-order valence-electron chi connectivity index (χ1n) is 7.52. The summed E-state index contributed by atoms with van der Waals surface area (Å²) in [5.74, 6) is -1.07. The minimum Gasteiger partial charge on any atom is -0.497 e. The van der Waals surface area contributed by atoms with Gasteiger partial charge in [-0.2, -0.15) is 0 Å². The summed E-state index contributed by atoms with van der Waals surface area (Å²) in [6, 6.07) is 11.9. The maximum atomic E-state index is 12.7. The van der Waals surface area contributed by atoms with E-state index in [0.717, 1.165) is 4.90 Å². The third kappa shape index (κ3) is 2.85. The van der Waals surface area contributed by atoms with Gasteiger partial charge in [0.05, 0.1) is 25.3 Å². The summed E-state index contributed by atoms with van der Waals surface area (Å²) >= 11 is 0. The van der Waals surface area contributed by atoms with Crippen molar-refractivity contribution in [2.75, 3.05) is 14.2 Å².